The summed E-state index contributed by atoms with van der Waals surface area (Å²) < 4.78 is 18.9. The zero-order valence-electron chi connectivity index (χ0n) is 17.8. The first kappa shape index (κ1) is 21.5. The number of anilines is 1. The third-order valence-corrected chi connectivity index (χ3v) is 6.05. The van der Waals surface area contributed by atoms with Crippen molar-refractivity contribution in [2.24, 2.45) is 0 Å². The zero-order valence-corrected chi connectivity index (χ0v) is 18.6. The second-order valence-corrected chi connectivity index (χ2v) is 9.77. The van der Waals surface area contributed by atoms with Gasteiger partial charge in [-0.15, -0.1) is 20.4 Å². The molecule has 0 aliphatic carbocycles. The predicted octanol–water partition coefficient (Wildman–Crippen LogP) is 3.99. The van der Waals surface area contributed by atoms with Crippen LogP contribution in [0.1, 0.15) is 66.1 Å². The highest BCUT2D eigenvalue weighted by molar-refractivity contribution is 7.13. The minimum absolute atomic E-state index is 0.148. The first-order valence-electron chi connectivity index (χ1n) is 10.2. The molecule has 1 fully saturated rings. The first-order valence-corrected chi connectivity index (χ1v) is 11.0. The van der Waals surface area contributed by atoms with E-state index in [4.69, 9.17) is 4.42 Å². The van der Waals surface area contributed by atoms with E-state index >= 15 is 0 Å². The number of carbonyl (C=O) groups is 1. The summed E-state index contributed by atoms with van der Waals surface area (Å²) in [6.07, 6.45) is 1.87. The molecule has 10 heteroatoms. The van der Waals surface area contributed by atoms with E-state index in [1.807, 2.05) is 0 Å². The number of nitrogens with zero attached hydrogens (tertiary/aromatic N) is 5. The van der Waals surface area contributed by atoms with Gasteiger partial charge in [0.15, 0.2) is 0 Å². The van der Waals surface area contributed by atoms with Crippen LogP contribution in [-0.4, -0.2) is 44.3 Å². The van der Waals surface area contributed by atoms with Crippen molar-refractivity contribution >= 4 is 22.9 Å². The Balaban J connectivity index is 1.29. The van der Waals surface area contributed by atoms with Crippen LogP contribution in [0, 0.1) is 5.82 Å². The number of piperidine rings is 1. The Bertz CT molecular complexity index is 1030. The van der Waals surface area contributed by atoms with Crippen LogP contribution in [0.3, 0.4) is 0 Å². The number of nitrogens with one attached hydrogen (secondary N) is 1. The van der Waals surface area contributed by atoms with Crippen molar-refractivity contribution in [1.29, 1.82) is 0 Å². The third-order valence-electron chi connectivity index (χ3n) is 5.14. The second kappa shape index (κ2) is 8.80. The smallest absolute Gasteiger partial charge is 0.286 e. The molecular formula is C21H25FN6O2S. The first-order chi connectivity index (χ1) is 14.8. The van der Waals surface area contributed by atoms with E-state index in [2.05, 4.69) is 51.4 Å². The fourth-order valence-electron chi connectivity index (χ4n) is 3.36. The molecule has 2 aromatic heterocycles. The van der Waals surface area contributed by atoms with Gasteiger partial charge in [-0.1, -0.05) is 32.1 Å². The van der Waals surface area contributed by atoms with Gasteiger partial charge in [-0.05, 0) is 50.2 Å². The van der Waals surface area contributed by atoms with Crippen molar-refractivity contribution in [3.05, 3.63) is 51.9 Å². The molecule has 1 aliphatic heterocycles. The summed E-state index contributed by atoms with van der Waals surface area (Å²) in [5.74, 6) is 0.964. The van der Waals surface area contributed by atoms with Crippen molar-refractivity contribution in [3.8, 4) is 0 Å². The van der Waals surface area contributed by atoms with Crippen molar-refractivity contribution in [2.75, 3.05) is 18.4 Å². The number of likely N-dealkylation sites (tertiary alicyclic amines) is 1. The highest BCUT2D eigenvalue weighted by Crippen LogP contribution is 2.30. The van der Waals surface area contributed by atoms with Crippen molar-refractivity contribution < 1.29 is 13.6 Å². The average molecular weight is 445 g/mol. The number of rotatable bonds is 5. The van der Waals surface area contributed by atoms with Crippen LogP contribution in [0.5, 0.6) is 0 Å². The molecule has 0 bridgehead atoms. The minimum Gasteiger partial charge on any atom is -0.424 e. The Morgan fingerprint density at radius 1 is 1.16 bits per heavy atom. The van der Waals surface area contributed by atoms with Crippen LogP contribution in [0.2, 0.25) is 0 Å². The number of benzene rings is 1. The Morgan fingerprint density at radius 2 is 1.87 bits per heavy atom. The summed E-state index contributed by atoms with van der Waals surface area (Å²) in [4.78, 5) is 14.6. The molecule has 164 valence electrons. The number of hydrogen-bond acceptors (Lipinski definition) is 8. The van der Waals surface area contributed by atoms with Crippen molar-refractivity contribution in [2.45, 2.75) is 51.5 Å². The van der Waals surface area contributed by atoms with Gasteiger partial charge in [0.25, 0.3) is 5.91 Å². The lowest BCUT2D eigenvalue weighted by Gasteiger charge is -2.29. The Kier molecular flexibility index (Phi) is 6.10. The molecule has 0 unspecified atom stereocenters. The number of carbonyl (C=O) groups excluding carboxylic acids is 1. The molecule has 0 atom stereocenters. The topological polar surface area (TPSA) is 97.0 Å². The van der Waals surface area contributed by atoms with Crippen molar-refractivity contribution in [1.82, 2.24) is 25.3 Å². The van der Waals surface area contributed by atoms with Crippen LogP contribution in [0.25, 0.3) is 0 Å². The summed E-state index contributed by atoms with van der Waals surface area (Å²) in [6, 6.07) is 5.60. The van der Waals surface area contributed by atoms with Gasteiger partial charge in [0.2, 0.25) is 16.8 Å². The molecule has 8 nitrogen and oxygen atoms in total. The summed E-state index contributed by atoms with van der Waals surface area (Å²) in [6.45, 7) is 8.59. The monoisotopic (exact) mass is 444 g/mol. The molecule has 0 spiro atoms. The van der Waals surface area contributed by atoms with Crippen LogP contribution in [0.15, 0.2) is 28.7 Å². The van der Waals surface area contributed by atoms with Crippen LogP contribution in [-0.2, 0) is 12.0 Å². The normalized spacial score (nSPS) is 15.9. The molecule has 0 saturated carbocycles. The molecule has 3 heterocycles. The van der Waals surface area contributed by atoms with Crippen LogP contribution >= 0.6 is 11.3 Å². The van der Waals surface area contributed by atoms with Crippen LogP contribution in [0.4, 0.5) is 10.1 Å². The van der Waals surface area contributed by atoms with E-state index in [0.29, 0.717) is 18.1 Å². The summed E-state index contributed by atoms with van der Waals surface area (Å²) in [5, 5.41) is 20.4. The largest absolute Gasteiger partial charge is 0.424 e. The SMILES string of the molecule is CC(C)(C)c1nnc(C2CCN(Cc3nnc(C(=O)Nc4ccc(F)cc4)s3)CC2)o1. The fraction of sp³-hybridized carbons (Fsp3) is 0.476. The lowest BCUT2D eigenvalue weighted by atomic mass is 9.96. The molecule has 1 N–H and O–H groups in total. The Morgan fingerprint density at radius 3 is 2.52 bits per heavy atom. The zero-order chi connectivity index (χ0) is 22.0. The van der Waals surface area contributed by atoms with Gasteiger partial charge in [-0.2, -0.15) is 0 Å². The molecule has 1 amide bonds. The number of amides is 1. The quantitative estimate of drug-likeness (QED) is 0.635. The van der Waals surface area contributed by atoms with Gasteiger partial charge in [-0.25, -0.2) is 4.39 Å². The van der Waals surface area contributed by atoms with E-state index in [0.717, 1.165) is 36.8 Å². The minimum atomic E-state index is -0.353. The standard InChI is InChI=1S/C21H25FN6O2S/c1-21(2,3)20-27-25-18(30-20)13-8-10-28(11-9-13)12-16-24-26-19(31-16)17(29)23-15-6-4-14(22)5-7-15/h4-7,13H,8-12H2,1-3H3,(H,23,29). The molecule has 1 aliphatic rings. The number of halogens is 1. The lowest BCUT2D eigenvalue weighted by molar-refractivity contribution is 0.102. The Labute approximate surface area is 183 Å². The van der Waals surface area contributed by atoms with E-state index in [1.54, 1.807) is 0 Å². The van der Waals surface area contributed by atoms with Crippen LogP contribution < -0.4 is 5.32 Å². The maximum atomic E-state index is 13.0. The van der Waals surface area contributed by atoms with Gasteiger partial charge in [0, 0.05) is 17.0 Å². The third kappa shape index (κ3) is 5.31. The molecule has 31 heavy (non-hydrogen) atoms. The van der Waals surface area contributed by atoms with E-state index < -0.39 is 0 Å². The van der Waals surface area contributed by atoms with E-state index in [9.17, 15) is 9.18 Å². The van der Waals surface area contributed by atoms with Gasteiger partial charge >= 0.3 is 0 Å². The second-order valence-electron chi connectivity index (χ2n) is 8.71. The lowest BCUT2D eigenvalue weighted by Crippen LogP contribution is -2.32. The van der Waals surface area contributed by atoms with Gasteiger partial charge in [-0.3, -0.25) is 9.69 Å². The van der Waals surface area contributed by atoms with Gasteiger partial charge in [0.1, 0.15) is 10.8 Å². The predicted molar refractivity (Wildman–Crippen MR) is 115 cm³/mol. The van der Waals surface area contributed by atoms with Crippen molar-refractivity contribution in [3.63, 3.8) is 0 Å². The van der Waals surface area contributed by atoms with E-state index in [1.165, 1.54) is 35.6 Å². The molecule has 1 saturated heterocycles. The highest BCUT2D eigenvalue weighted by Gasteiger charge is 2.28. The fourth-order valence-corrected chi connectivity index (χ4v) is 4.14. The molecule has 0 radical (unpaired) electrons. The molecule has 3 aromatic rings. The number of aromatic nitrogens is 4. The number of hydrogen-bond donors (Lipinski definition) is 1. The maximum absolute atomic E-state index is 13.0. The van der Waals surface area contributed by atoms with E-state index in [-0.39, 0.29) is 28.1 Å². The molecule has 1 aromatic carbocycles. The molecule has 4 rings (SSSR count). The summed E-state index contributed by atoms with van der Waals surface area (Å²) in [7, 11) is 0. The highest BCUT2D eigenvalue weighted by atomic mass is 32.1. The Hall–Kier alpha value is -2.72. The van der Waals surface area contributed by atoms with Gasteiger partial charge in [0.05, 0.1) is 6.54 Å². The summed E-state index contributed by atoms with van der Waals surface area (Å²) >= 11 is 1.27. The average Bonchev–Trinajstić information content (AvgIpc) is 3.40. The van der Waals surface area contributed by atoms with Gasteiger partial charge < -0.3 is 9.73 Å². The molecular weight excluding hydrogens is 419 g/mol. The summed E-state index contributed by atoms with van der Waals surface area (Å²) in [5.41, 5.74) is 0.366. The maximum Gasteiger partial charge on any atom is 0.286 e.